The first kappa shape index (κ1) is 25.4. The van der Waals surface area contributed by atoms with Crippen LogP contribution in [-0.4, -0.2) is 27.6 Å². The van der Waals surface area contributed by atoms with Gasteiger partial charge >= 0.3 is 0 Å². The fraction of sp³-hybridized carbons (Fsp3) is 0.241. The number of aromatic nitrogens is 2. The van der Waals surface area contributed by atoms with E-state index >= 15 is 0 Å². The molecule has 0 atom stereocenters. The molecule has 5 rings (SSSR count). The third-order valence-corrected chi connectivity index (χ3v) is 6.42. The van der Waals surface area contributed by atoms with Crippen molar-refractivity contribution in [2.24, 2.45) is 0 Å². The minimum atomic E-state index is -0.0581. The molecule has 0 N–H and O–H groups in total. The van der Waals surface area contributed by atoms with Gasteiger partial charge in [-0.3, -0.25) is 18.7 Å². The van der Waals surface area contributed by atoms with Crippen molar-refractivity contribution >= 4 is 11.8 Å². The summed E-state index contributed by atoms with van der Waals surface area (Å²) in [6.07, 6.45) is 3.68. The minimum absolute atomic E-state index is 0.00450. The SMILES string of the molecule is Cc1ccc(=O)n(-c2ccc(SC(C)C)cc2)c1.Cc1ccc(=O)n(-c2ccc3c(c2)OCCO3)c1. The largest absolute Gasteiger partial charge is 0.486 e. The van der Waals surface area contributed by atoms with Crippen LogP contribution >= 0.6 is 11.8 Å². The van der Waals surface area contributed by atoms with Gasteiger partial charge in [-0.1, -0.05) is 26.0 Å². The van der Waals surface area contributed by atoms with Crippen LogP contribution in [0.15, 0.2) is 93.6 Å². The van der Waals surface area contributed by atoms with E-state index in [1.807, 2.05) is 74.4 Å². The monoisotopic (exact) mass is 502 g/mol. The summed E-state index contributed by atoms with van der Waals surface area (Å²) in [6.45, 7) is 9.38. The first-order valence-electron chi connectivity index (χ1n) is 11.9. The molecule has 0 unspecified atom stereocenters. The molecule has 0 radical (unpaired) electrons. The van der Waals surface area contributed by atoms with Crippen molar-refractivity contribution in [3.8, 4) is 22.9 Å². The number of pyridine rings is 2. The zero-order chi connectivity index (χ0) is 25.7. The highest BCUT2D eigenvalue weighted by Gasteiger charge is 2.12. The molecule has 2 aromatic heterocycles. The molecule has 0 aliphatic carbocycles. The van der Waals surface area contributed by atoms with Crippen LogP contribution in [0.4, 0.5) is 0 Å². The highest BCUT2D eigenvalue weighted by atomic mass is 32.2. The summed E-state index contributed by atoms with van der Waals surface area (Å²) in [5, 5.41) is 0.567. The average Bonchev–Trinajstić information content (AvgIpc) is 2.87. The predicted octanol–water partition coefficient (Wildman–Crippen LogP) is 5.56. The normalized spacial score (nSPS) is 12.1. The van der Waals surface area contributed by atoms with E-state index < -0.39 is 0 Å². The Labute approximate surface area is 215 Å². The minimum Gasteiger partial charge on any atom is -0.486 e. The number of hydrogen-bond donors (Lipinski definition) is 0. The molecule has 0 spiro atoms. The maximum atomic E-state index is 11.8. The Kier molecular flexibility index (Phi) is 8.00. The molecule has 0 bridgehead atoms. The van der Waals surface area contributed by atoms with Gasteiger partial charge in [0.1, 0.15) is 13.2 Å². The lowest BCUT2D eigenvalue weighted by molar-refractivity contribution is 0.171. The van der Waals surface area contributed by atoms with Gasteiger partial charge in [-0.2, -0.15) is 0 Å². The molecule has 2 aromatic carbocycles. The van der Waals surface area contributed by atoms with E-state index in [2.05, 4.69) is 26.0 Å². The number of hydrogen-bond acceptors (Lipinski definition) is 5. The zero-order valence-electron chi connectivity index (χ0n) is 20.9. The van der Waals surface area contributed by atoms with Gasteiger partial charge in [0.25, 0.3) is 11.1 Å². The van der Waals surface area contributed by atoms with Gasteiger partial charge in [-0.15, -0.1) is 11.8 Å². The molecule has 3 heterocycles. The molecule has 0 fully saturated rings. The van der Waals surface area contributed by atoms with Gasteiger partial charge in [-0.25, -0.2) is 0 Å². The van der Waals surface area contributed by atoms with Crippen LogP contribution in [0.1, 0.15) is 25.0 Å². The number of ether oxygens (including phenoxy) is 2. The third kappa shape index (κ3) is 6.29. The third-order valence-electron chi connectivity index (χ3n) is 5.41. The molecule has 0 saturated heterocycles. The van der Waals surface area contributed by atoms with Crippen LogP contribution in [-0.2, 0) is 0 Å². The summed E-state index contributed by atoms with van der Waals surface area (Å²) in [4.78, 5) is 24.9. The molecular formula is C29H30N2O4S. The summed E-state index contributed by atoms with van der Waals surface area (Å²) in [5.41, 5.74) is 3.76. The van der Waals surface area contributed by atoms with Gasteiger partial charge in [0.2, 0.25) is 0 Å². The smallest absolute Gasteiger partial charge is 0.255 e. The Hall–Kier alpha value is -3.71. The second-order valence-corrected chi connectivity index (χ2v) is 10.5. The van der Waals surface area contributed by atoms with Gasteiger partial charge in [0.05, 0.1) is 5.69 Å². The number of nitrogens with zero attached hydrogens (tertiary/aromatic N) is 2. The number of rotatable bonds is 4. The molecule has 1 aliphatic heterocycles. The van der Waals surface area contributed by atoms with Crippen LogP contribution in [0.25, 0.3) is 11.4 Å². The second-order valence-electron chi connectivity index (χ2n) is 8.82. The molecule has 6 nitrogen and oxygen atoms in total. The van der Waals surface area contributed by atoms with E-state index in [1.165, 1.54) is 4.90 Å². The van der Waals surface area contributed by atoms with Gasteiger partial charge in [0, 0.05) is 46.4 Å². The molecule has 0 amide bonds. The van der Waals surface area contributed by atoms with Crippen molar-refractivity contribution in [1.82, 2.24) is 9.13 Å². The average molecular weight is 503 g/mol. The quantitative estimate of drug-likeness (QED) is 0.342. The summed E-state index contributed by atoms with van der Waals surface area (Å²) in [6, 6.07) is 20.4. The lowest BCUT2D eigenvalue weighted by Crippen LogP contribution is -2.18. The van der Waals surface area contributed by atoms with E-state index in [0.717, 1.165) is 28.3 Å². The zero-order valence-corrected chi connectivity index (χ0v) is 21.7. The Morgan fingerprint density at radius 2 is 1.22 bits per heavy atom. The van der Waals surface area contributed by atoms with E-state index in [9.17, 15) is 9.59 Å². The van der Waals surface area contributed by atoms with Crippen LogP contribution < -0.4 is 20.6 Å². The highest BCUT2D eigenvalue weighted by molar-refractivity contribution is 7.99. The number of aryl methyl sites for hydroxylation is 2. The lowest BCUT2D eigenvalue weighted by atomic mass is 10.2. The Morgan fingerprint density at radius 3 is 1.81 bits per heavy atom. The first-order chi connectivity index (χ1) is 17.3. The van der Waals surface area contributed by atoms with E-state index in [0.29, 0.717) is 24.2 Å². The summed E-state index contributed by atoms with van der Waals surface area (Å²) < 4.78 is 14.3. The molecule has 4 aromatic rings. The fourth-order valence-corrected chi connectivity index (χ4v) is 4.57. The summed E-state index contributed by atoms with van der Waals surface area (Å²) in [5.74, 6) is 1.41. The van der Waals surface area contributed by atoms with Crippen molar-refractivity contribution in [2.75, 3.05) is 13.2 Å². The molecule has 36 heavy (non-hydrogen) atoms. The maximum Gasteiger partial charge on any atom is 0.255 e. The van der Waals surface area contributed by atoms with Crippen molar-refractivity contribution in [1.29, 1.82) is 0 Å². The van der Waals surface area contributed by atoms with Crippen LogP contribution in [0.2, 0.25) is 0 Å². The van der Waals surface area contributed by atoms with Crippen molar-refractivity contribution in [3.05, 3.63) is 111 Å². The van der Waals surface area contributed by atoms with Gasteiger partial charge < -0.3 is 9.47 Å². The van der Waals surface area contributed by atoms with Crippen LogP contribution in [0.3, 0.4) is 0 Å². The summed E-state index contributed by atoms with van der Waals surface area (Å²) in [7, 11) is 0. The Morgan fingerprint density at radius 1 is 0.694 bits per heavy atom. The number of fused-ring (bicyclic) bond motifs is 1. The molecule has 186 valence electrons. The van der Waals surface area contributed by atoms with E-state index in [4.69, 9.17) is 9.47 Å². The Balaban J connectivity index is 0.000000169. The van der Waals surface area contributed by atoms with Crippen molar-refractivity contribution < 1.29 is 9.47 Å². The van der Waals surface area contributed by atoms with Gasteiger partial charge in [-0.05, 0) is 61.4 Å². The molecular weight excluding hydrogens is 472 g/mol. The lowest BCUT2D eigenvalue weighted by Gasteiger charge is -2.19. The molecule has 1 aliphatic rings. The van der Waals surface area contributed by atoms with Crippen LogP contribution in [0.5, 0.6) is 11.5 Å². The van der Waals surface area contributed by atoms with E-state index in [1.54, 1.807) is 27.3 Å². The summed E-state index contributed by atoms with van der Waals surface area (Å²) >= 11 is 1.82. The topological polar surface area (TPSA) is 62.5 Å². The molecule has 0 saturated carbocycles. The van der Waals surface area contributed by atoms with Crippen molar-refractivity contribution in [3.63, 3.8) is 0 Å². The van der Waals surface area contributed by atoms with Gasteiger partial charge in [0.15, 0.2) is 11.5 Å². The first-order valence-corrected chi connectivity index (χ1v) is 12.7. The highest BCUT2D eigenvalue weighted by Crippen LogP contribution is 2.31. The maximum absolute atomic E-state index is 11.8. The number of thioether (sulfide) groups is 1. The predicted molar refractivity (Wildman–Crippen MR) is 146 cm³/mol. The Bertz CT molecular complexity index is 1460. The number of benzene rings is 2. The van der Waals surface area contributed by atoms with E-state index in [-0.39, 0.29) is 11.1 Å². The standard InChI is InChI=1S/C15H17NOS.C14H13NO3/c1-11(2)18-14-7-5-13(6-8-14)16-10-12(3)4-9-15(16)17;1-10-2-5-14(16)15(9-10)11-3-4-12-13(8-11)18-7-6-17-12/h4-11H,1-3H3;2-5,8-9H,6-7H2,1H3. The van der Waals surface area contributed by atoms with Crippen LogP contribution in [0, 0.1) is 13.8 Å². The second kappa shape index (κ2) is 11.4. The van der Waals surface area contributed by atoms with Crippen molar-refractivity contribution in [2.45, 2.75) is 37.8 Å². The molecule has 7 heteroatoms. The fourth-order valence-electron chi connectivity index (χ4n) is 3.73.